The number of nitrogens with one attached hydrogen (secondary N) is 1. The number of aromatic nitrogens is 1. The number of aliphatic hydroxyl groups is 1. The van der Waals surface area contributed by atoms with Crippen LogP contribution in [0.4, 0.5) is 0 Å². The SMILES string of the molecule is Cc1nc(Cl)ccc1C(=O)NC(CCCO)c1ccccc1. The molecule has 22 heavy (non-hydrogen) atoms. The van der Waals surface area contributed by atoms with E-state index in [1.807, 2.05) is 30.3 Å². The van der Waals surface area contributed by atoms with Gasteiger partial charge in [-0.15, -0.1) is 0 Å². The number of nitrogens with zero attached hydrogens (tertiary/aromatic N) is 1. The second-order valence-corrected chi connectivity index (χ2v) is 5.46. The maximum atomic E-state index is 12.5. The van der Waals surface area contributed by atoms with Gasteiger partial charge in [-0.1, -0.05) is 41.9 Å². The van der Waals surface area contributed by atoms with Gasteiger partial charge in [-0.3, -0.25) is 4.79 Å². The third-order valence-electron chi connectivity index (χ3n) is 3.45. The number of hydrogen-bond acceptors (Lipinski definition) is 3. The lowest BCUT2D eigenvalue weighted by molar-refractivity contribution is 0.0931. The van der Waals surface area contributed by atoms with Crippen LogP contribution in [0.15, 0.2) is 42.5 Å². The second-order valence-electron chi connectivity index (χ2n) is 5.07. The summed E-state index contributed by atoms with van der Waals surface area (Å²) in [6, 6.07) is 12.9. The molecule has 0 spiro atoms. The molecule has 1 amide bonds. The van der Waals surface area contributed by atoms with Crippen molar-refractivity contribution in [2.75, 3.05) is 6.61 Å². The number of amides is 1. The Morgan fingerprint density at radius 1 is 1.27 bits per heavy atom. The van der Waals surface area contributed by atoms with Gasteiger partial charge in [0.05, 0.1) is 17.3 Å². The molecule has 5 heteroatoms. The fourth-order valence-corrected chi connectivity index (χ4v) is 2.50. The van der Waals surface area contributed by atoms with Crippen LogP contribution in [0.3, 0.4) is 0 Å². The first-order chi connectivity index (χ1) is 10.6. The summed E-state index contributed by atoms with van der Waals surface area (Å²) in [5.41, 5.74) is 2.12. The molecule has 1 heterocycles. The molecule has 0 bridgehead atoms. The zero-order valence-corrected chi connectivity index (χ0v) is 13.2. The van der Waals surface area contributed by atoms with Crippen molar-refractivity contribution >= 4 is 17.5 Å². The molecule has 2 rings (SSSR count). The highest BCUT2D eigenvalue weighted by molar-refractivity contribution is 6.29. The predicted octanol–water partition coefficient (Wildman–Crippen LogP) is 3.29. The van der Waals surface area contributed by atoms with Crippen LogP contribution in [0, 0.1) is 6.92 Å². The fraction of sp³-hybridized carbons (Fsp3) is 0.294. The van der Waals surface area contributed by atoms with Crippen molar-refractivity contribution in [3.63, 3.8) is 0 Å². The van der Waals surface area contributed by atoms with Gasteiger partial charge in [-0.2, -0.15) is 0 Å². The zero-order valence-electron chi connectivity index (χ0n) is 12.4. The van der Waals surface area contributed by atoms with Crippen LogP contribution >= 0.6 is 11.6 Å². The number of rotatable bonds is 6. The average molecular weight is 319 g/mol. The molecule has 1 unspecified atom stereocenters. The van der Waals surface area contributed by atoms with Gasteiger partial charge in [-0.25, -0.2) is 4.98 Å². The van der Waals surface area contributed by atoms with Gasteiger partial charge in [0.25, 0.3) is 5.91 Å². The van der Waals surface area contributed by atoms with Gasteiger partial charge in [0.2, 0.25) is 0 Å². The molecule has 0 saturated heterocycles. The summed E-state index contributed by atoms with van der Waals surface area (Å²) < 4.78 is 0. The Balaban J connectivity index is 2.17. The Bertz CT molecular complexity index is 632. The molecule has 0 aliphatic heterocycles. The zero-order chi connectivity index (χ0) is 15.9. The summed E-state index contributed by atoms with van der Waals surface area (Å²) in [4.78, 5) is 16.6. The molecule has 2 N–H and O–H groups in total. The summed E-state index contributed by atoms with van der Waals surface area (Å²) in [5, 5.41) is 12.4. The smallest absolute Gasteiger partial charge is 0.253 e. The molecule has 0 radical (unpaired) electrons. The summed E-state index contributed by atoms with van der Waals surface area (Å²) in [7, 11) is 0. The molecule has 4 nitrogen and oxygen atoms in total. The topological polar surface area (TPSA) is 62.2 Å². The van der Waals surface area contributed by atoms with Gasteiger partial charge in [0, 0.05) is 6.61 Å². The molecular weight excluding hydrogens is 300 g/mol. The monoisotopic (exact) mass is 318 g/mol. The van der Waals surface area contributed by atoms with Crippen LogP contribution in [0.2, 0.25) is 5.15 Å². The number of aryl methyl sites for hydroxylation is 1. The molecule has 1 aromatic heterocycles. The quantitative estimate of drug-likeness (QED) is 0.803. The second kappa shape index (κ2) is 7.92. The number of benzene rings is 1. The predicted molar refractivity (Wildman–Crippen MR) is 87.0 cm³/mol. The van der Waals surface area contributed by atoms with Crippen molar-refractivity contribution in [2.45, 2.75) is 25.8 Å². The van der Waals surface area contributed by atoms with Crippen molar-refractivity contribution in [1.82, 2.24) is 10.3 Å². The summed E-state index contributed by atoms with van der Waals surface area (Å²) in [6.45, 7) is 1.85. The Hall–Kier alpha value is -1.91. The highest BCUT2D eigenvalue weighted by atomic mass is 35.5. The van der Waals surface area contributed by atoms with E-state index < -0.39 is 0 Å². The molecule has 0 fully saturated rings. The fourth-order valence-electron chi connectivity index (χ4n) is 2.31. The number of aliphatic hydroxyl groups excluding tert-OH is 1. The van der Waals surface area contributed by atoms with E-state index in [0.717, 1.165) is 5.56 Å². The lowest BCUT2D eigenvalue weighted by Crippen LogP contribution is -2.29. The van der Waals surface area contributed by atoms with Gasteiger partial charge in [-0.05, 0) is 37.5 Å². The lowest BCUT2D eigenvalue weighted by Gasteiger charge is -2.19. The highest BCUT2D eigenvalue weighted by Gasteiger charge is 2.17. The highest BCUT2D eigenvalue weighted by Crippen LogP contribution is 2.19. The Labute approximate surface area is 135 Å². The van der Waals surface area contributed by atoms with Crippen molar-refractivity contribution < 1.29 is 9.90 Å². The van der Waals surface area contributed by atoms with E-state index in [1.54, 1.807) is 19.1 Å². The first-order valence-electron chi connectivity index (χ1n) is 7.21. The van der Waals surface area contributed by atoms with Crippen LogP contribution in [0.1, 0.15) is 40.5 Å². The van der Waals surface area contributed by atoms with Crippen LogP contribution in [0.5, 0.6) is 0 Å². The minimum absolute atomic E-state index is 0.0979. The number of hydrogen-bond donors (Lipinski definition) is 2. The maximum Gasteiger partial charge on any atom is 0.253 e. The molecule has 0 aliphatic carbocycles. The van der Waals surface area contributed by atoms with Crippen LogP contribution < -0.4 is 5.32 Å². The van der Waals surface area contributed by atoms with Crippen molar-refractivity contribution in [2.24, 2.45) is 0 Å². The van der Waals surface area contributed by atoms with Crippen LogP contribution in [0.25, 0.3) is 0 Å². The largest absolute Gasteiger partial charge is 0.396 e. The maximum absolute atomic E-state index is 12.5. The molecule has 1 aromatic carbocycles. The Morgan fingerprint density at radius 3 is 2.64 bits per heavy atom. The van der Waals surface area contributed by atoms with Gasteiger partial charge in [0.1, 0.15) is 5.15 Å². The number of carbonyl (C=O) groups excluding carboxylic acids is 1. The average Bonchev–Trinajstić information content (AvgIpc) is 2.52. The van der Waals surface area contributed by atoms with E-state index >= 15 is 0 Å². The first-order valence-corrected chi connectivity index (χ1v) is 7.59. The Kier molecular flexibility index (Phi) is 5.92. The van der Waals surface area contributed by atoms with E-state index in [-0.39, 0.29) is 18.6 Å². The van der Waals surface area contributed by atoms with E-state index in [4.69, 9.17) is 16.7 Å². The van der Waals surface area contributed by atoms with Gasteiger partial charge < -0.3 is 10.4 Å². The number of carbonyl (C=O) groups is 1. The molecule has 2 aromatic rings. The van der Waals surface area contributed by atoms with E-state index in [0.29, 0.717) is 29.3 Å². The van der Waals surface area contributed by atoms with Gasteiger partial charge in [0.15, 0.2) is 0 Å². The normalized spacial score (nSPS) is 12.0. The standard InChI is InChI=1S/C17H19ClN2O2/c1-12-14(9-10-16(18)19-12)17(22)20-15(8-5-11-21)13-6-3-2-4-7-13/h2-4,6-7,9-10,15,21H,5,8,11H2,1H3,(H,20,22). The molecule has 116 valence electrons. The Morgan fingerprint density at radius 2 is 2.00 bits per heavy atom. The first kappa shape index (κ1) is 16.5. The summed E-state index contributed by atoms with van der Waals surface area (Å²) in [6.07, 6.45) is 1.30. The molecule has 1 atom stereocenters. The molecule has 0 aliphatic rings. The molecule has 0 saturated carbocycles. The summed E-state index contributed by atoms with van der Waals surface area (Å²) >= 11 is 5.82. The number of pyridine rings is 1. The van der Waals surface area contributed by atoms with E-state index in [9.17, 15) is 4.79 Å². The minimum atomic E-state index is -0.187. The third-order valence-corrected chi connectivity index (χ3v) is 3.67. The van der Waals surface area contributed by atoms with Crippen molar-refractivity contribution in [3.8, 4) is 0 Å². The van der Waals surface area contributed by atoms with Crippen molar-refractivity contribution in [3.05, 3.63) is 64.4 Å². The van der Waals surface area contributed by atoms with E-state index in [2.05, 4.69) is 10.3 Å². The lowest BCUT2D eigenvalue weighted by atomic mass is 10.0. The minimum Gasteiger partial charge on any atom is -0.396 e. The third kappa shape index (κ3) is 4.29. The summed E-state index contributed by atoms with van der Waals surface area (Å²) in [5.74, 6) is -0.187. The van der Waals surface area contributed by atoms with Crippen molar-refractivity contribution in [1.29, 1.82) is 0 Å². The number of halogens is 1. The van der Waals surface area contributed by atoms with Crippen LogP contribution in [-0.4, -0.2) is 22.6 Å². The molecular formula is C17H19ClN2O2. The van der Waals surface area contributed by atoms with E-state index in [1.165, 1.54) is 0 Å². The van der Waals surface area contributed by atoms with Gasteiger partial charge >= 0.3 is 0 Å². The van der Waals surface area contributed by atoms with Crippen LogP contribution in [-0.2, 0) is 0 Å².